The Hall–Kier alpha value is -2.12. The van der Waals surface area contributed by atoms with Crippen LogP contribution in [0.25, 0.3) is 5.65 Å². The number of fused-ring (bicyclic) bond motifs is 1. The number of nitrogens with one attached hydrogen (secondary N) is 1. The molecule has 0 aromatic carbocycles. The van der Waals surface area contributed by atoms with Gasteiger partial charge < -0.3 is 10.2 Å². The number of aromatic nitrogens is 3. The molecule has 3 aromatic heterocycles. The van der Waals surface area contributed by atoms with E-state index >= 15 is 0 Å². The van der Waals surface area contributed by atoms with E-state index in [2.05, 4.69) is 20.4 Å². The van der Waals surface area contributed by atoms with Gasteiger partial charge in [0.15, 0.2) is 5.65 Å². The zero-order chi connectivity index (χ0) is 17.2. The highest BCUT2D eigenvalue weighted by Crippen LogP contribution is 2.24. The lowest BCUT2D eigenvalue weighted by atomic mass is 9.97. The Labute approximate surface area is 154 Å². The second-order valence-corrected chi connectivity index (χ2v) is 7.63. The Balaban J connectivity index is 1.46. The van der Waals surface area contributed by atoms with E-state index in [9.17, 15) is 4.79 Å². The van der Waals surface area contributed by atoms with Gasteiger partial charge in [-0.3, -0.25) is 9.20 Å². The largest absolute Gasteiger partial charge is 0.351 e. The molecule has 1 saturated heterocycles. The van der Waals surface area contributed by atoms with Crippen molar-refractivity contribution in [1.82, 2.24) is 19.9 Å². The summed E-state index contributed by atoms with van der Waals surface area (Å²) < 4.78 is 1.88. The van der Waals surface area contributed by atoms with Crippen LogP contribution in [0.15, 0.2) is 35.8 Å². The molecule has 0 saturated carbocycles. The Morgan fingerprint density at radius 2 is 2.28 bits per heavy atom. The van der Waals surface area contributed by atoms with Crippen molar-refractivity contribution < 1.29 is 4.79 Å². The van der Waals surface area contributed by atoms with Crippen LogP contribution in [0.1, 0.15) is 17.7 Å². The summed E-state index contributed by atoms with van der Waals surface area (Å²) >= 11 is 7.75. The molecule has 8 heteroatoms. The van der Waals surface area contributed by atoms with Crippen LogP contribution in [-0.4, -0.2) is 33.6 Å². The van der Waals surface area contributed by atoms with Crippen molar-refractivity contribution in [3.8, 4) is 0 Å². The van der Waals surface area contributed by atoms with Crippen LogP contribution < -0.4 is 10.2 Å². The first-order chi connectivity index (χ1) is 12.2. The molecule has 4 rings (SSSR count). The first-order valence-electron chi connectivity index (χ1n) is 8.26. The molecule has 3 aromatic rings. The molecule has 0 radical (unpaired) electrons. The van der Waals surface area contributed by atoms with Crippen molar-refractivity contribution in [2.75, 3.05) is 18.0 Å². The lowest BCUT2D eigenvalue weighted by molar-refractivity contribution is -0.125. The van der Waals surface area contributed by atoms with Crippen LogP contribution in [0.3, 0.4) is 0 Å². The molecule has 25 heavy (non-hydrogen) atoms. The maximum atomic E-state index is 12.5. The number of carbonyl (C=O) groups excluding carboxylic acids is 1. The van der Waals surface area contributed by atoms with E-state index in [-0.39, 0.29) is 11.8 Å². The van der Waals surface area contributed by atoms with Gasteiger partial charge in [0.05, 0.1) is 17.5 Å². The minimum absolute atomic E-state index is 0.0414. The zero-order valence-corrected chi connectivity index (χ0v) is 15.1. The van der Waals surface area contributed by atoms with Gasteiger partial charge in [-0.25, -0.2) is 0 Å². The lowest BCUT2D eigenvalue weighted by Crippen LogP contribution is -2.43. The van der Waals surface area contributed by atoms with Gasteiger partial charge in [-0.1, -0.05) is 17.7 Å². The molecule has 0 spiro atoms. The smallest absolute Gasteiger partial charge is 0.231 e. The van der Waals surface area contributed by atoms with E-state index < -0.39 is 0 Å². The van der Waals surface area contributed by atoms with Crippen molar-refractivity contribution in [2.45, 2.75) is 19.4 Å². The lowest BCUT2D eigenvalue weighted by Gasteiger charge is -2.31. The molecular weight excluding hydrogens is 358 g/mol. The van der Waals surface area contributed by atoms with Gasteiger partial charge in [-0.2, -0.15) is 0 Å². The van der Waals surface area contributed by atoms with Crippen LogP contribution in [-0.2, 0) is 11.3 Å². The van der Waals surface area contributed by atoms with Gasteiger partial charge in [0.1, 0.15) is 0 Å². The Morgan fingerprint density at radius 3 is 3.12 bits per heavy atom. The quantitative estimate of drug-likeness (QED) is 0.761. The van der Waals surface area contributed by atoms with E-state index in [0.717, 1.165) is 31.0 Å². The second kappa shape index (κ2) is 7.01. The van der Waals surface area contributed by atoms with E-state index in [1.165, 1.54) is 4.88 Å². The highest BCUT2D eigenvalue weighted by Gasteiger charge is 2.28. The highest BCUT2D eigenvalue weighted by atomic mass is 35.5. The van der Waals surface area contributed by atoms with Gasteiger partial charge in [-0.15, -0.1) is 21.5 Å². The monoisotopic (exact) mass is 375 g/mol. The summed E-state index contributed by atoms with van der Waals surface area (Å²) in [4.78, 5) is 15.8. The van der Waals surface area contributed by atoms with Gasteiger partial charge in [0.25, 0.3) is 0 Å². The van der Waals surface area contributed by atoms with Crippen LogP contribution in [0.2, 0.25) is 5.02 Å². The first-order valence-corrected chi connectivity index (χ1v) is 9.52. The Morgan fingerprint density at radius 1 is 1.36 bits per heavy atom. The van der Waals surface area contributed by atoms with Crippen LogP contribution >= 0.6 is 22.9 Å². The summed E-state index contributed by atoms with van der Waals surface area (Å²) in [7, 11) is 0. The summed E-state index contributed by atoms with van der Waals surface area (Å²) in [5.41, 5.74) is 0.753. The number of hydrogen-bond acceptors (Lipinski definition) is 5. The number of hydrogen-bond donors (Lipinski definition) is 1. The Bertz CT molecular complexity index is 878. The summed E-state index contributed by atoms with van der Waals surface area (Å²) in [5.74, 6) is 0.804. The standard InChI is InChI=1S/C17H18ClN5OS/c18-13-5-6-15-20-21-17(23(15)11-13)22-7-1-3-12(10-22)16(24)19-9-14-4-2-8-25-14/h2,4-6,8,11-12H,1,3,7,9-10H2,(H,19,24)/t12-/m0/s1. The molecule has 130 valence electrons. The summed E-state index contributed by atoms with van der Waals surface area (Å²) in [6.07, 6.45) is 3.66. The third-order valence-corrected chi connectivity index (χ3v) is 5.54. The third kappa shape index (κ3) is 3.48. The van der Waals surface area contributed by atoms with E-state index in [1.807, 2.05) is 34.2 Å². The minimum atomic E-state index is -0.0414. The SMILES string of the molecule is O=C(NCc1cccs1)[C@H]1CCCN(c2nnc3ccc(Cl)cn23)C1. The van der Waals surface area contributed by atoms with Gasteiger partial charge >= 0.3 is 0 Å². The number of piperidine rings is 1. The number of carbonyl (C=O) groups is 1. The molecule has 6 nitrogen and oxygen atoms in total. The van der Waals surface area contributed by atoms with Crippen LogP contribution in [0.4, 0.5) is 5.95 Å². The molecule has 1 amide bonds. The molecule has 0 aliphatic carbocycles. The predicted molar refractivity (Wildman–Crippen MR) is 99.1 cm³/mol. The number of anilines is 1. The summed E-state index contributed by atoms with van der Waals surface area (Å²) in [6.45, 7) is 2.10. The van der Waals surface area contributed by atoms with Crippen molar-refractivity contribution in [1.29, 1.82) is 0 Å². The van der Waals surface area contributed by atoms with E-state index in [0.29, 0.717) is 18.1 Å². The third-order valence-electron chi connectivity index (χ3n) is 4.44. The van der Waals surface area contributed by atoms with Gasteiger partial charge in [-0.05, 0) is 36.4 Å². The fourth-order valence-corrected chi connectivity index (χ4v) is 3.98. The number of pyridine rings is 1. The van der Waals surface area contributed by atoms with Crippen LogP contribution in [0, 0.1) is 5.92 Å². The van der Waals surface area contributed by atoms with E-state index in [1.54, 1.807) is 17.4 Å². The molecule has 0 bridgehead atoms. The Kier molecular flexibility index (Phi) is 4.59. The summed E-state index contributed by atoms with van der Waals surface area (Å²) in [5, 5.41) is 14.2. The summed E-state index contributed by atoms with van der Waals surface area (Å²) in [6, 6.07) is 7.67. The minimum Gasteiger partial charge on any atom is -0.351 e. The zero-order valence-electron chi connectivity index (χ0n) is 13.6. The molecule has 1 N–H and O–H groups in total. The highest BCUT2D eigenvalue weighted by molar-refractivity contribution is 7.09. The van der Waals surface area contributed by atoms with Crippen molar-refractivity contribution in [3.05, 3.63) is 45.7 Å². The average molecular weight is 376 g/mol. The van der Waals surface area contributed by atoms with Gasteiger partial charge in [0, 0.05) is 24.2 Å². The maximum absolute atomic E-state index is 12.5. The normalized spacial score (nSPS) is 17.8. The fraction of sp³-hybridized carbons (Fsp3) is 0.353. The fourth-order valence-electron chi connectivity index (χ4n) is 3.17. The number of rotatable bonds is 4. The molecular formula is C17H18ClN5OS. The van der Waals surface area contributed by atoms with E-state index in [4.69, 9.17) is 11.6 Å². The van der Waals surface area contributed by atoms with Crippen molar-refractivity contribution in [3.63, 3.8) is 0 Å². The number of amides is 1. The van der Waals surface area contributed by atoms with Crippen molar-refractivity contribution in [2.24, 2.45) is 5.92 Å². The molecule has 0 unspecified atom stereocenters. The molecule has 1 fully saturated rings. The topological polar surface area (TPSA) is 62.5 Å². The number of nitrogens with zero attached hydrogens (tertiary/aromatic N) is 4. The molecule has 1 aliphatic heterocycles. The van der Waals surface area contributed by atoms with Crippen molar-refractivity contribution >= 4 is 40.4 Å². The molecule has 4 heterocycles. The number of thiophene rings is 1. The van der Waals surface area contributed by atoms with Crippen LogP contribution in [0.5, 0.6) is 0 Å². The first kappa shape index (κ1) is 16.4. The molecule has 1 aliphatic rings. The number of halogens is 1. The maximum Gasteiger partial charge on any atom is 0.231 e. The molecule has 1 atom stereocenters. The average Bonchev–Trinajstić information content (AvgIpc) is 3.29. The van der Waals surface area contributed by atoms with Gasteiger partial charge in [0.2, 0.25) is 11.9 Å². The predicted octanol–water partition coefficient (Wildman–Crippen LogP) is 2.98. The second-order valence-electron chi connectivity index (χ2n) is 6.16.